The Bertz CT molecular complexity index is 640. The van der Waals surface area contributed by atoms with E-state index in [9.17, 15) is 4.79 Å². The molecule has 1 amide bonds. The van der Waals surface area contributed by atoms with Gasteiger partial charge in [0.25, 0.3) is 5.91 Å². The van der Waals surface area contributed by atoms with Crippen LogP contribution in [-0.2, 0) is 0 Å². The lowest BCUT2D eigenvalue weighted by atomic mass is 10.0. The monoisotopic (exact) mass is 353 g/mol. The number of carbonyl (C=O) groups is 1. The Kier molecular flexibility index (Phi) is 3.85. The molecule has 0 N–H and O–H groups in total. The number of carbonyl (C=O) groups excluding carboxylic acids is 1. The molecule has 2 aromatic rings. The molecule has 104 valence electrons. The summed E-state index contributed by atoms with van der Waals surface area (Å²) in [7, 11) is 0. The molecule has 20 heavy (non-hydrogen) atoms. The predicted molar refractivity (Wildman–Crippen MR) is 80.9 cm³/mol. The van der Waals surface area contributed by atoms with E-state index in [2.05, 4.69) is 15.9 Å². The Balaban J connectivity index is 1.90. The summed E-state index contributed by atoms with van der Waals surface area (Å²) in [6.07, 6.45) is 1.90. The van der Waals surface area contributed by atoms with Crippen LogP contribution >= 0.6 is 27.5 Å². The summed E-state index contributed by atoms with van der Waals surface area (Å²) in [5.74, 6) is 0.272. The summed E-state index contributed by atoms with van der Waals surface area (Å²) in [5.41, 5.74) is 1.01. The fraction of sp³-hybridized carbons (Fsp3) is 0.267. The van der Waals surface area contributed by atoms with Crippen LogP contribution in [0.1, 0.15) is 35.0 Å². The number of rotatable bonds is 2. The molecule has 1 saturated heterocycles. The number of amides is 1. The van der Waals surface area contributed by atoms with E-state index in [1.165, 1.54) is 0 Å². The van der Waals surface area contributed by atoms with Gasteiger partial charge in [0.1, 0.15) is 0 Å². The average molecular weight is 355 g/mol. The van der Waals surface area contributed by atoms with E-state index in [0.29, 0.717) is 15.5 Å². The van der Waals surface area contributed by atoms with Crippen LogP contribution in [0, 0.1) is 0 Å². The van der Waals surface area contributed by atoms with Crippen molar-refractivity contribution >= 4 is 33.4 Å². The minimum Gasteiger partial charge on any atom is -0.444 e. The van der Waals surface area contributed by atoms with Gasteiger partial charge in [-0.2, -0.15) is 0 Å². The predicted octanol–water partition coefficient (Wildman–Crippen LogP) is 4.67. The number of nitrogens with zero attached hydrogens (tertiary/aromatic N) is 1. The number of halogens is 2. The van der Waals surface area contributed by atoms with E-state index in [0.717, 1.165) is 24.9 Å². The maximum atomic E-state index is 12.5. The number of benzene rings is 1. The zero-order valence-electron chi connectivity index (χ0n) is 10.7. The zero-order chi connectivity index (χ0) is 14.1. The van der Waals surface area contributed by atoms with E-state index >= 15 is 0 Å². The van der Waals surface area contributed by atoms with E-state index in [1.54, 1.807) is 12.1 Å². The smallest absolute Gasteiger partial charge is 0.290 e. The Morgan fingerprint density at radius 2 is 2.10 bits per heavy atom. The molecule has 1 aliphatic heterocycles. The molecule has 2 heterocycles. The van der Waals surface area contributed by atoms with Gasteiger partial charge in [0.15, 0.2) is 10.4 Å². The topological polar surface area (TPSA) is 33.5 Å². The molecule has 3 rings (SSSR count). The second-order valence-electron chi connectivity index (χ2n) is 4.78. The van der Waals surface area contributed by atoms with Crippen molar-refractivity contribution in [2.75, 3.05) is 6.54 Å². The van der Waals surface area contributed by atoms with Gasteiger partial charge in [0.2, 0.25) is 0 Å². The average Bonchev–Trinajstić information content (AvgIpc) is 3.07. The fourth-order valence-corrected chi connectivity index (χ4v) is 3.22. The minimum absolute atomic E-state index is 0.0278. The summed E-state index contributed by atoms with van der Waals surface area (Å²) in [6.45, 7) is 0.729. The summed E-state index contributed by atoms with van der Waals surface area (Å²) in [5, 5.41) is 0.706. The Labute approximate surface area is 130 Å². The molecule has 1 fully saturated rings. The van der Waals surface area contributed by atoms with Crippen molar-refractivity contribution in [2.24, 2.45) is 0 Å². The molecule has 5 heteroatoms. The first-order valence-corrected chi connectivity index (χ1v) is 7.64. The largest absolute Gasteiger partial charge is 0.444 e. The number of hydrogen-bond acceptors (Lipinski definition) is 2. The minimum atomic E-state index is -0.0851. The summed E-state index contributed by atoms with van der Waals surface area (Å²) >= 11 is 9.48. The van der Waals surface area contributed by atoms with Crippen LogP contribution in [-0.4, -0.2) is 17.4 Å². The second-order valence-corrected chi connectivity index (χ2v) is 5.97. The van der Waals surface area contributed by atoms with E-state index in [1.807, 2.05) is 29.2 Å². The summed E-state index contributed by atoms with van der Waals surface area (Å²) < 4.78 is 5.93. The van der Waals surface area contributed by atoms with Crippen molar-refractivity contribution in [1.82, 2.24) is 4.90 Å². The third-order valence-corrected chi connectivity index (χ3v) is 4.33. The Morgan fingerprint density at radius 3 is 2.80 bits per heavy atom. The van der Waals surface area contributed by atoms with Gasteiger partial charge in [-0.25, -0.2) is 0 Å². The highest BCUT2D eigenvalue weighted by molar-refractivity contribution is 9.10. The molecule has 1 atom stereocenters. The van der Waals surface area contributed by atoms with Crippen molar-refractivity contribution < 1.29 is 9.21 Å². The van der Waals surface area contributed by atoms with Crippen LogP contribution in [0.15, 0.2) is 45.5 Å². The van der Waals surface area contributed by atoms with Gasteiger partial charge in [0.05, 0.1) is 6.04 Å². The van der Waals surface area contributed by atoms with Crippen LogP contribution in [0.4, 0.5) is 0 Å². The van der Waals surface area contributed by atoms with Gasteiger partial charge in [0, 0.05) is 11.6 Å². The first-order valence-electron chi connectivity index (χ1n) is 6.47. The van der Waals surface area contributed by atoms with E-state index in [-0.39, 0.29) is 11.9 Å². The SMILES string of the molecule is O=C(c1ccc(Br)o1)N1CCCC1c1ccccc1Cl. The first kappa shape index (κ1) is 13.7. The Morgan fingerprint density at radius 1 is 1.30 bits per heavy atom. The highest BCUT2D eigenvalue weighted by Gasteiger charge is 2.32. The molecule has 3 nitrogen and oxygen atoms in total. The molecule has 1 aromatic carbocycles. The van der Waals surface area contributed by atoms with Crippen LogP contribution in [0.5, 0.6) is 0 Å². The lowest BCUT2D eigenvalue weighted by molar-refractivity contribution is 0.0702. The molecule has 0 spiro atoms. The maximum Gasteiger partial charge on any atom is 0.290 e. The lowest BCUT2D eigenvalue weighted by Crippen LogP contribution is -2.30. The highest BCUT2D eigenvalue weighted by atomic mass is 79.9. The maximum absolute atomic E-state index is 12.5. The number of furan rings is 1. The van der Waals surface area contributed by atoms with Crippen LogP contribution < -0.4 is 0 Å². The number of hydrogen-bond donors (Lipinski definition) is 0. The molecule has 1 unspecified atom stereocenters. The van der Waals surface area contributed by atoms with Crippen LogP contribution in [0.25, 0.3) is 0 Å². The molecule has 0 aliphatic carbocycles. The zero-order valence-corrected chi connectivity index (χ0v) is 13.0. The van der Waals surface area contributed by atoms with Crippen molar-refractivity contribution in [3.05, 3.63) is 57.4 Å². The number of likely N-dealkylation sites (tertiary alicyclic amines) is 1. The van der Waals surface area contributed by atoms with E-state index < -0.39 is 0 Å². The third kappa shape index (κ3) is 2.50. The van der Waals surface area contributed by atoms with Crippen molar-refractivity contribution in [2.45, 2.75) is 18.9 Å². The second kappa shape index (κ2) is 5.62. The molecule has 0 radical (unpaired) electrons. The van der Waals surface area contributed by atoms with Crippen molar-refractivity contribution in [3.8, 4) is 0 Å². The normalized spacial score (nSPS) is 18.5. The van der Waals surface area contributed by atoms with Gasteiger partial charge in [-0.15, -0.1) is 0 Å². The summed E-state index contributed by atoms with van der Waals surface area (Å²) in [6, 6.07) is 11.1. The Hall–Kier alpha value is -1.26. The highest BCUT2D eigenvalue weighted by Crippen LogP contribution is 2.36. The van der Waals surface area contributed by atoms with E-state index in [4.69, 9.17) is 16.0 Å². The molecule has 0 saturated carbocycles. The quantitative estimate of drug-likeness (QED) is 0.785. The van der Waals surface area contributed by atoms with Gasteiger partial charge < -0.3 is 9.32 Å². The van der Waals surface area contributed by atoms with Gasteiger partial charge >= 0.3 is 0 Å². The molecular weight excluding hydrogens is 342 g/mol. The van der Waals surface area contributed by atoms with Crippen LogP contribution in [0.3, 0.4) is 0 Å². The van der Waals surface area contributed by atoms with Crippen molar-refractivity contribution in [1.29, 1.82) is 0 Å². The molecule has 1 aliphatic rings. The van der Waals surface area contributed by atoms with Crippen molar-refractivity contribution in [3.63, 3.8) is 0 Å². The molecule has 1 aromatic heterocycles. The van der Waals surface area contributed by atoms with Crippen LogP contribution in [0.2, 0.25) is 5.02 Å². The summed E-state index contributed by atoms with van der Waals surface area (Å²) in [4.78, 5) is 14.4. The molecule has 0 bridgehead atoms. The van der Waals surface area contributed by atoms with Gasteiger partial charge in [-0.3, -0.25) is 4.79 Å². The lowest BCUT2D eigenvalue weighted by Gasteiger charge is -2.24. The molecular formula is C15H13BrClNO2. The first-order chi connectivity index (χ1) is 9.66. The third-order valence-electron chi connectivity index (χ3n) is 3.56. The standard InChI is InChI=1S/C15H13BrClNO2/c16-14-8-7-13(20-14)15(19)18-9-3-6-12(18)10-4-1-2-5-11(10)17/h1-2,4-5,7-8,12H,3,6,9H2. The van der Waals surface area contributed by atoms with Gasteiger partial charge in [-0.1, -0.05) is 29.8 Å². The fourth-order valence-electron chi connectivity index (χ4n) is 2.65. The van der Waals surface area contributed by atoms with Gasteiger partial charge in [-0.05, 0) is 52.5 Å².